The van der Waals surface area contributed by atoms with Gasteiger partial charge in [0.05, 0.1) is 0 Å². The zero-order chi connectivity index (χ0) is 19.4. The summed E-state index contributed by atoms with van der Waals surface area (Å²) in [6.07, 6.45) is 4.64. The monoisotopic (exact) mass is 365 g/mol. The van der Waals surface area contributed by atoms with Crippen LogP contribution in [0.25, 0.3) is 0 Å². The van der Waals surface area contributed by atoms with Crippen LogP contribution in [0.2, 0.25) is 0 Å². The van der Waals surface area contributed by atoms with E-state index in [1.807, 2.05) is 18.5 Å². The molecule has 0 bridgehead atoms. The van der Waals surface area contributed by atoms with E-state index in [2.05, 4.69) is 53.4 Å². The normalized spacial score (nSPS) is 13.3. The van der Waals surface area contributed by atoms with E-state index in [4.69, 9.17) is 4.99 Å². The molecular weight excluding hydrogens is 326 g/mol. The van der Waals surface area contributed by atoms with Gasteiger partial charge in [-0.3, -0.25) is 0 Å². The quantitative estimate of drug-likeness (QED) is 0.338. The molecule has 1 heterocycles. The first kappa shape index (κ1) is 22.4. The van der Waals surface area contributed by atoms with E-state index in [0.29, 0.717) is 12.6 Å². The fourth-order valence-electron chi connectivity index (χ4n) is 2.74. The SMILES string of the molecule is CCCCNC(=NCc1nnc(C)n1C)NC(C)CCCN(CC)CC. The largest absolute Gasteiger partial charge is 0.356 e. The average Bonchev–Trinajstić information content (AvgIpc) is 2.95. The van der Waals surface area contributed by atoms with Crippen molar-refractivity contribution in [2.45, 2.75) is 72.9 Å². The number of aromatic nitrogens is 3. The van der Waals surface area contributed by atoms with E-state index in [9.17, 15) is 0 Å². The number of aryl methyl sites for hydroxylation is 1. The van der Waals surface area contributed by atoms with Gasteiger partial charge >= 0.3 is 0 Å². The molecule has 1 unspecified atom stereocenters. The van der Waals surface area contributed by atoms with E-state index in [1.165, 1.54) is 12.8 Å². The minimum absolute atomic E-state index is 0.389. The number of hydrogen-bond acceptors (Lipinski definition) is 4. The molecular formula is C19H39N7. The molecule has 1 atom stereocenters. The number of aliphatic imine (C=N–C) groups is 1. The standard InChI is InChI=1S/C19H39N7/c1-7-10-13-20-19(21-15-18-24-23-17(5)25(18)6)22-16(4)12-11-14-26(8-2)9-3/h16H,7-15H2,1-6H3,(H2,20,21,22). The van der Waals surface area contributed by atoms with Crippen LogP contribution in [-0.4, -0.2) is 57.8 Å². The number of hydrogen-bond donors (Lipinski definition) is 2. The molecule has 150 valence electrons. The minimum atomic E-state index is 0.389. The topological polar surface area (TPSA) is 70.4 Å². The molecule has 7 heteroatoms. The highest BCUT2D eigenvalue weighted by Gasteiger charge is 2.08. The average molecular weight is 366 g/mol. The molecule has 1 aromatic heterocycles. The molecule has 1 rings (SSSR count). The highest BCUT2D eigenvalue weighted by Crippen LogP contribution is 2.02. The molecule has 0 amide bonds. The van der Waals surface area contributed by atoms with Crippen molar-refractivity contribution in [3.63, 3.8) is 0 Å². The lowest BCUT2D eigenvalue weighted by Gasteiger charge is -2.21. The Morgan fingerprint density at radius 1 is 1.19 bits per heavy atom. The maximum atomic E-state index is 4.72. The Kier molecular flexibility index (Phi) is 10.9. The number of unbranched alkanes of at least 4 members (excludes halogenated alkanes) is 1. The third-order valence-electron chi connectivity index (χ3n) is 4.77. The Morgan fingerprint density at radius 3 is 2.50 bits per heavy atom. The van der Waals surface area contributed by atoms with E-state index in [-0.39, 0.29) is 0 Å². The molecule has 1 aromatic rings. The fraction of sp³-hybridized carbons (Fsp3) is 0.842. The summed E-state index contributed by atoms with van der Waals surface area (Å²) < 4.78 is 1.99. The van der Waals surface area contributed by atoms with Gasteiger partial charge in [0.15, 0.2) is 11.8 Å². The first-order chi connectivity index (χ1) is 12.5. The second-order valence-electron chi connectivity index (χ2n) is 6.88. The maximum absolute atomic E-state index is 4.72. The van der Waals surface area contributed by atoms with Gasteiger partial charge in [-0.1, -0.05) is 27.2 Å². The van der Waals surface area contributed by atoms with Crippen molar-refractivity contribution in [3.8, 4) is 0 Å². The van der Waals surface area contributed by atoms with Crippen LogP contribution in [-0.2, 0) is 13.6 Å². The molecule has 26 heavy (non-hydrogen) atoms. The lowest BCUT2D eigenvalue weighted by Crippen LogP contribution is -2.43. The Labute approximate surface area is 159 Å². The van der Waals surface area contributed by atoms with Crippen LogP contribution >= 0.6 is 0 Å². The lowest BCUT2D eigenvalue weighted by atomic mass is 10.2. The smallest absolute Gasteiger partial charge is 0.191 e. The van der Waals surface area contributed by atoms with Gasteiger partial charge in [-0.15, -0.1) is 10.2 Å². The predicted molar refractivity (Wildman–Crippen MR) is 109 cm³/mol. The van der Waals surface area contributed by atoms with Crippen molar-refractivity contribution in [2.75, 3.05) is 26.2 Å². The van der Waals surface area contributed by atoms with Crippen molar-refractivity contribution >= 4 is 5.96 Å². The van der Waals surface area contributed by atoms with Gasteiger partial charge in [-0.05, 0) is 52.7 Å². The highest BCUT2D eigenvalue weighted by molar-refractivity contribution is 5.80. The summed E-state index contributed by atoms with van der Waals surface area (Å²) in [4.78, 5) is 7.19. The molecule has 0 aliphatic carbocycles. The molecule has 7 nitrogen and oxygen atoms in total. The maximum Gasteiger partial charge on any atom is 0.191 e. The highest BCUT2D eigenvalue weighted by atomic mass is 15.3. The fourth-order valence-corrected chi connectivity index (χ4v) is 2.74. The van der Waals surface area contributed by atoms with Crippen LogP contribution in [0.15, 0.2) is 4.99 Å². The van der Waals surface area contributed by atoms with E-state index in [1.54, 1.807) is 0 Å². The Balaban J connectivity index is 2.55. The van der Waals surface area contributed by atoms with E-state index >= 15 is 0 Å². The molecule has 0 fully saturated rings. The Bertz CT molecular complexity index is 520. The number of nitrogens with zero attached hydrogens (tertiary/aromatic N) is 5. The molecule has 0 aliphatic rings. The zero-order valence-electron chi connectivity index (χ0n) is 17.7. The van der Waals surface area contributed by atoms with Crippen LogP contribution in [0.4, 0.5) is 0 Å². The molecule has 2 N–H and O–H groups in total. The second-order valence-corrected chi connectivity index (χ2v) is 6.88. The van der Waals surface area contributed by atoms with Crippen LogP contribution in [0.1, 0.15) is 65.0 Å². The Morgan fingerprint density at radius 2 is 1.92 bits per heavy atom. The van der Waals surface area contributed by atoms with E-state index in [0.717, 1.165) is 56.6 Å². The molecule has 0 spiro atoms. The van der Waals surface area contributed by atoms with Crippen molar-refractivity contribution in [1.82, 2.24) is 30.3 Å². The van der Waals surface area contributed by atoms with Crippen LogP contribution < -0.4 is 10.6 Å². The minimum Gasteiger partial charge on any atom is -0.356 e. The summed E-state index contributed by atoms with van der Waals surface area (Å²) in [5.74, 6) is 2.66. The third-order valence-corrected chi connectivity index (χ3v) is 4.77. The number of nitrogens with one attached hydrogen (secondary N) is 2. The zero-order valence-corrected chi connectivity index (χ0v) is 17.7. The summed E-state index contributed by atoms with van der Waals surface area (Å²) in [7, 11) is 1.98. The van der Waals surface area contributed by atoms with Crippen molar-refractivity contribution in [2.24, 2.45) is 12.0 Å². The van der Waals surface area contributed by atoms with Crippen molar-refractivity contribution in [3.05, 3.63) is 11.6 Å². The number of guanidine groups is 1. The number of rotatable bonds is 12. The lowest BCUT2D eigenvalue weighted by molar-refractivity contribution is 0.292. The molecule has 0 aliphatic heterocycles. The van der Waals surface area contributed by atoms with Gasteiger partial charge < -0.3 is 20.1 Å². The second kappa shape index (κ2) is 12.7. The summed E-state index contributed by atoms with van der Waals surface area (Å²) in [6, 6.07) is 0.389. The first-order valence-electron chi connectivity index (χ1n) is 10.1. The van der Waals surface area contributed by atoms with Gasteiger partial charge in [0.2, 0.25) is 0 Å². The molecule has 0 saturated heterocycles. The summed E-state index contributed by atoms with van der Waals surface area (Å²) in [5, 5.41) is 15.3. The van der Waals surface area contributed by atoms with Crippen LogP contribution in [0, 0.1) is 6.92 Å². The molecule has 0 radical (unpaired) electrons. The van der Waals surface area contributed by atoms with Crippen molar-refractivity contribution in [1.29, 1.82) is 0 Å². The van der Waals surface area contributed by atoms with Crippen molar-refractivity contribution < 1.29 is 0 Å². The third kappa shape index (κ3) is 8.17. The predicted octanol–water partition coefficient (Wildman–Crippen LogP) is 2.47. The van der Waals surface area contributed by atoms with Gasteiger partial charge in [-0.2, -0.15) is 0 Å². The van der Waals surface area contributed by atoms with Crippen LogP contribution in [0.5, 0.6) is 0 Å². The summed E-state index contributed by atoms with van der Waals surface area (Å²) in [5.41, 5.74) is 0. The summed E-state index contributed by atoms with van der Waals surface area (Å²) >= 11 is 0. The summed E-state index contributed by atoms with van der Waals surface area (Å²) in [6.45, 7) is 15.7. The molecule has 0 saturated carbocycles. The molecule has 0 aromatic carbocycles. The van der Waals surface area contributed by atoms with E-state index < -0.39 is 0 Å². The van der Waals surface area contributed by atoms with Gasteiger partial charge in [-0.25, -0.2) is 4.99 Å². The van der Waals surface area contributed by atoms with Gasteiger partial charge in [0.1, 0.15) is 12.4 Å². The van der Waals surface area contributed by atoms with Gasteiger partial charge in [0, 0.05) is 19.6 Å². The first-order valence-corrected chi connectivity index (χ1v) is 10.1. The van der Waals surface area contributed by atoms with Crippen LogP contribution in [0.3, 0.4) is 0 Å². The Hall–Kier alpha value is -1.63. The van der Waals surface area contributed by atoms with Gasteiger partial charge in [0.25, 0.3) is 0 Å².